The predicted molar refractivity (Wildman–Crippen MR) is 90.2 cm³/mol. The zero-order chi connectivity index (χ0) is 17.4. The van der Waals surface area contributed by atoms with E-state index < -0.39 is 0 Å². The maximum Gasteiger partial charge on any atom is 0.332 e. The molecule has 9 nitrogen and oxygen atoms in total. The van der Waals surface area contributed by atoms with Crippen LogP contribution in [0.15, 0.2) is 26.2 Å². The van der Waals surface area contributed by atoms with Crippen LogP contribution < -0.4 is 11.2 Å². The van der Waals surface area contributed by atoms with Crippen LogP contribution in [-0.2, 0) is 27.7 Å². The molecule has 0 amide bonds. The number of imidazole rings is 1. The minimum atomic E-state index is -0.386. The third-order valence-electron chi connectivity index (χ3n) is 3.90. The Labute approximate surface area is 141 Å². The maximum atomic E-state index is 12.6. The van der Waals surface area contributed by atoms with Crippen LogP contribution in [-0.4, -0.2) is 33.4 Å². The maximum absolute atomic E-state index is 12.6. The largest absolute Gasteiger partial charge is 0.332 e. The third kappa shape index (κ3) is 2.56. The van der Waals surface area contributed by atoms with Gasteiger partial charge in [0.1, 0.15) is 6.33 Å². The first-order valence-corrected chi connectivity index (χ1v) is 8.45. The fourth-order valence-electron chi connectivity index (χ4n) is 2.47. The van der Waals surface area contributed by atoms with Crippen molar-refractivity contribution in [2.24, 2.45) is 21.1 Å². The Balaban J connectivity index is 2.26. The van der Waals surface area contributed by atoms with Crippen molar-refractivity contribution in [2.75, 3.05) is 0 Å². The third-order valence-corrected chi connectivity index (χ3v) is 4.95. The van der Waals surface area contributed by atoms with E-state index in [9.17, 15) is 9.59 Å². The molecule has 0 saturated heterocycles. The molecule has 3 rings (SSSR count). The zero-order valence-corrected chi connectivity index (χ0v) is 14.9. The van der Waals surface area contributed by atoms with Gasteiger partial charge >= 0.3 is 5.69 Å². The lowest BCUT2D eigenvalue weighted by atomic mass is 10.3. The molecule has 0 aliphatic carbocycles. The molecule has 0 fully saturated rings. The topological polar surface area (TPSA) is 92.5 Å². The summed E-state index contributed by atoms with van der Waals surface area (Å²) in [4.78, 5) is 29.3. The van der Waals surface area contributed by atoms with E-state index in [1.165, 1.54) is 23.4 Å². The summed E-state index contributed by atoms with van der Waals surface area (Å²) in [5.74, 6) is 0. The molecule has 0 N–H and O–H groups in total. The molecule has 3 aromatic heterocycles. The number of nitrogens with zero attached hydrogens (tertiary/aromatic N) is 7. The van der Waals surface area contributed by atoms with Crippen molar-refractivity contribution in [2.45, 2.75) is 36.6 Å². The van der Waals surface area contributed by atoms with Gasteiger partial charge in [-0.3, -0.25) is 13.9 Å². The van der Waals surface area contributed by atoms with Crippen molar-refractivity contribution in [1.29, 1.82) is 0 Å². The van der Waals surface area contributed by atoms with E-state index in [1.807, 2.05) is 11.6 Å². The van der Waals surface area contributed by atoms with Crippen molar-refractivity contribution in [3.63, 3.8) is 0 Å². The molecule has 3 heterocycles. The molecule has 0 saturated carbocycles. The van der Waals surface area contributed by atoms with Gasteiger partial charge in [-0.1, -0.05) is 13.3 Å². The van der Waals surface area contributed by atoms with Crippen LogP contribution in [0.4, 0.5) is 0 Å². The predicted octanol–water partition coefficient (Wildman–Crippen LogP) is 0.513. The van der Waals surface area contributed by atoms with Crippen LogP contribution in [0.2, 0.25) is 0 Å². The molecular weight excluding hydrogens is 330 g/mol. The molecule has 24 heavy (non-hydrogen) atoms. The lowest BCUT2D eigenvalue weighted by molar-refractivity contribution is 0.596. The van der Waals surface area contributed by atoms with Gasteiger partial charge in [0.05, 0.1) is 0 Å². The second kappa shape index (κ2) is 6.27. The lowest BCUT2D eigenvalue weighted by Gasteiger charge is -2.08. The Kier molecular flexibility index (Phi) is 4.31. The van der Waals surface area contributed by atoms with Crippen LogP contribution in [0.5, 0.6) is 0 Å². The molecule has 0 aromatic carbocycles. The lowest BCUT2D eigenvalue weighted by Crippen LogP contribution is -2.37. The van der Waals surface area contributed by atoms with Gasteiger partial charge in [0.25, 0.3) is 5.56 Å². The van der Waals surface area contributed by atoms with Crippen LogP contribution in [0.3, 0.4) is 0 Å². The summed E-state index contributed by atoms with van der Waals surface area (Å²) in [7, 11) is 4.95. The van der Waals surface area contributed by atoms with Crippen molar-refractivity contribution < 1.29 is 0 Å². The fraction of sp³-hybridized carbons (Fsp3) is 0.500. The minimum absolute atomic E-state index is 0.332. The van der Waals surface area contributed by atoms with E-state index >= 15 is 0 Å². The first-order chi connectivity index (χ1) is 11.5. The number of aryl methyl sites for hydroxylation is 3. The Hall–Kier alpha value is -2.36. The molecule has 0 aliphatic heterocycles. The zero-order valence-electron chi connectivity index (χ0n) is 14.1. The Morgan fingerprint density at radius 3 is 2.50 bits per heavy atom. The number of aromatic nitrogens is 7. The molecule has 128 valence electrons. The molecule has 0 radical (unpaired) electrons. The standard InChI is InChI=1S/C14H19N7O2S/c1-5-6-7-21-9-10(19(3)14(23)20(4)11(9)22)16-12(21)24-13-17-15-8-18(13)2/h8H,5-7H2,1-4H3. The van der Waals surface area contributed by atoms with E-state index in [1.54, 1.807) is 17.9 Å². The van der Waals surface area contributed by atoms with Crippen LogP contribution in [0, 0.1) is 0 Å². The second-order valence-corrected chi connectivity index (χ2v) is 6.54. The molecular formula is C14H19N7O2S. The summed E-state index contributed by atoms with van der Waals surface area (Å²) < 4.78 is 6.18. The van der Waals surface area contributed by atoms with Gasteiger partial charge in [0.2, 0.25) is 0 Å². The Morgan fingerprint density at radius 2 is 1.88 bits per heavy atom. The van der Waals surface area contributed by atoms with Crippen LogP contribution in [0.25, 0.3) is 11.2 Å². The highest BCUT2D eigenvalue weighted by Crippen LogP contribution is 2.27. The van der Waals surface area contributed by atoms with Gasteiger partial charge < -0.3 is 9.13 Å². The molecule has 0 aliphatic rings. The summed E-state index contributed by atoms with van der Waals surface area (Å²) >= 11 is 1.33. The van der Waals surface area contributed by atoms with E-state index in [4.69, 9.17) is 0 Å². The van der Waals surface area contributed by atoms with E-state index in [2.05, 4.69) is 22.1 Å². The number of rotatable bonds is 5. The van der Waals surface area contributed by atoms with E-state index in [-0.39, 0.29) is 11.2 Å². The summed E-state index contributed by atoms with van der Waals surface area (Å²) in [5, 5.41) is 9.22. The molecule has 0 unspecified atom stereocenters. The number of hydrogen-bond acceptors (Lipinski definition) is 6. The Bertz CT molecular complexity index is 1010. The van der Waals surface area contributed by atoms with Gasteiger partial charge in [0, 0.05) is 27.7 Å². The highest BCUT2D eigenvalue weighted by atomic mass is 32.2. The van der Waals surface area contributed by atoms with Crippen molar-refractivity contribution in [3.8, 4) is 0 Å². The van der Waals surface area contributed by atoms with Crippen molar-refractivity contribution in [3.05, 3.63) is 27.2 Å². The quantitative estimate of drug-likeness (QED) is 0.666. The smallest absolute Gasteiger partial charge is 0.313 e. The first-order valence-electron chi connectivity index (χ1n) is 7.63. The van der Waals surface area contributed by atoms with Crippen molar-refractivity contribution >= 4 is 22.9 Å². The molecule has 0 atom stereocenters. The SMILES string of the molecule is CCCCn1c(Sc2nncn2C)nc2c1c(=O)n(C)c(=O)n2C. The van der Waals surface area contributed by atoms with Gasteiger partial charge in [-0.25, -0.2) is 9.78 Å². The van der Waals surface area contributed by atoms with Gasteiger partial charge in [-0.05, 0) is 18.2 Å². The summed E-state index contributed by atoms with van der Waals surface area (Å²) in [6.45, 7) is 2.74. The molecule has 3 aromatic rings. The van der Waals surface area contributed by atoms with Crippen LogP contribution in [0.1, 0.15) is 19.8 Å². The van der Waals surface area contributed by atoms with Gasteiger partial charge in [-0.2, -0.15) is 0 Å². The van der Waals surface area contributed by atoms with Gasteiger partial charge in [0.15, 0.2) is 21.5 Å². The van der Waals surface area contributed by atoms with E-state index in [0.29, 0.717) is 28.0 Å². The summed E-state index contributed by atoms with van der Waals surface area (Å²) in [6, 6.07) is 0. The Morgan fingerprint density at radius 1 is 1.12 bits per heavy atom. The highest BCUT2D eigenvalue weighted by molar-refractivity contribution is 7.99. The average Bonchev–Trinajstić information content (AvgIpc) is 3.13. The van der Waals surface area contributed by atoms with Crippen LogP contribution >= 0.6 is 11.8 Å². The second-order valence-electron chi connectivity index (χ2n) is 5.60. The number of fused-ring (bicyclic) bond motifs is 1. The minimum Gasteiger partial charge on any atom is -0.313 e. The summed E-state index contributed by atoms with van der Waals surface area (Å²) in [5.41, 5.74) is 0.117. The monoisotopic (exact) mass is 349 g/mol. The van der Waals surface area contributed by atoms with E-state index in [0.717, 1.165) is 17.4 Å². The highest BCUT2D eigenvalue weighted by Gasteiger charge is 2.20. The molecule has 10 heteroatoms. The molecule has 0 spiro atoms. The first kappa shape index (κ1) is 16.5. The molecule has 0 bridgehead atoms. The normalized spacial score (nSPS) is 11.5. The number of hydrogen-bond donors (Lipinski definition) is 0. The average molecular weight is 349 g/mol. The fourth-order valence-corrected chi connectivity index (χ4v) is 3.34. The number of unbranched alkanes of at least 4 members (excludes halogenated alkanes) is 1. The summed E-state index contributed by atoms with van der Waals surface area (Å²) in [6.07, 6.45) is 3.50. The van der Waals surface area contributed by atoms with Crippen molar-refractivity contribution in [1.82, 2.24) is 33.4 Å². The van der Waals surface area contributed by atoms with Gasteiger partial charge in [-0.15, -0.1) is 10.2 Å².